The predicted molar refractivity (Wildman–Crippen MR) is 101 cm³/mol. The summed E-state index contributed by atoms with van der Waals surface area (Å²) in [6.45, 7) is 9.91. The quantitative estimate of drug-likeness (QED) is 0.594. The van der Waals surface area contributed by atoms with Crippen LogP contribution in [0.15, 0.2) is 23.2 Å². The summed E-state index contributed by atoms with van der Waals surface area (Å²) in [4.78, 5) is 4.70. The van der Waals surface area contributed by atoms with Crippen molar-refractivity contribution >= 4 is 17.7 Å². The van der Waals surface area contributed by atoms with Gasteiger partial charge in [-0.15, -0.1) is 0 Å². The van der Waals surface area contributed by atoms with Crippen molar-refractivity contribution in [3.05, 3.63) is 29.3 Å². The third-order valence-corrected chi connectivity index (χ3v) is 5.21. The maximum absolute atomic E-state index is 5.56. The van der Waals surface area contributed by atoms with E-state index in [1.807, 2.05) is 11.8 Å². The Kier molecular flexibility index (Phi) is 6.63. The third-order valence-electron chi connectivity index (χ3n) is 3.97. The van der Waals surface area contributed by atoms with Gasteiger partial charge in [-0.1, -0.05) is 12.1 Å². The number of guanidine groups is 1. The van der Waals surface area contributed by atoms with Crippen molar-refractivity contribution in [2.24, 2.45) is 4.99 Å². The normalized spacial score (nSPS) is 14.3. The average molecular weight is 336 g/mol. The van der Waals surface area contributed by atoms with Crippen molar-refractivity contribution in [2.75, 3.05) is 32.5 Å². The van der Waals surface area contributed by atoms with Gasteiger partial charge in [0.1, 0.15) is 5.75 Å². The molecule has 0 saturated carbocycles. The minimum atomic E-state index is 0.169. The van der Waals surface area contributed by atoms with Crippen molar-refractivity contribution in [2.45, 2.75) is 38.4 Å². The molecule has 1 aliphatic rings. The first-order valence-corrected chi connectivity index (χ1v) is 9.58. The summed E-state index contributed by atoms with van der Waals surface area (Å²) in [5.41, 5.74) is 2.69. The first kappa shape index (κ1) is 18.0. The van der Waals surface area contributed by atoms with Gasteiger partial charge in [0.05, 0.1) is 13.2 Å². The molecule has 23 heavy (non-hydrogen) atoms. The van der Waals surface area contributed by atoms with E-state index in [2.05, 4.69) is 55.9 Å². The third kappa shape index (κ3) is 5.65. The van der Waals surface area contributed by atoms with E-state index in [4.69, 9.17) is 9.73 Å². The van der Waals surface area contributed by atoms with Gasteiger partial charge >= 0.3 is 0 Å². The Balaban J connectivity index is 1.85. The Morgan fingerprint density at radius 3 is 2.91 bits per heavy atom. The van der Waals surface area contributed by atoms with Crippen molar-refractivity contribution in [1.82, 2.24) is 10.6 Å². The minimum Gasteiger partial charge on any atom is -0.493 e. The molecule has 0 fully saturated rings. The summed E-state index contributed by atoms with van der Waals surface area (Å²) < 4.78 is 5.72. The number of rotatable bonds is 7. The topological polar surface area (TPSA) is 45.7 Å². The standard InChI is InChI=1S/C18H29N3OS/c1-5-19-17(21-13-18(2,3)23-4)20-10-8-14-6-7-16-15(12-14)9-11-22-16/h6-7,12H,5,8-11,13H2,1-4H3,(H2,19,20,21). The van der Waals surface area contributed by atoms with Crippen molar-refractivity contribution in [3.8, 4) is 5.75 Å². The van der Waals surface area contributed by atoms with Crippen LogP contribution in [-0.4, -0.2) is 43.2 Å². The van der Waals surface area contributed by atoms with Crippen LogP contribution in [-0.2, 0) is 12.8 Å². The van der Waals surface area contributed by atoms with Gasteiger partial charge in [-0.05, 0) is 50.6 Å². The highest BCUT2D eigenvalue weighted by molar-refractivity contribution is 7.99. The zero-order chi connectivity index (χ0) is 16.7. The fourth-order valence-electron chi connectivity index (χ4n) is 2.40. The molecule has 0 spiro atoms. The zero-order valence-electron chi connectivity index (χ0n) is 14.7. The van der Waals surface area contributed by atoms with Gasteiger partial charge < -0.3 is 15.4 Å². The SMILES string of the molecule is CCNC(=NCC(C)(C)SC)NCCc1ccc2c(c1)CCO2. The fraction of sp³-hybridized carbons (Fsp3) is 0.611. The van der Waals surface area contributed by atoms with Gasteiger partial charge in [-0.25, -0.2) is 0 Å². The largest absolute Gasteiger partial charge is 0.493 e. The van der Waals surface area contributed by atoms with Crippen LogP contribution in [0.3, 0.4) is 0 Å². The van der Waals surface area contributed by atoms with Crippen molar-refractivity contribution in [3.63, 3.8) is 0 Å². The Morgan fingerprint density at radius 2 is 2.17 bits per heavy atom. The second kappa shape index (κ2) is 8.48. The van der Waals surface area contributed by atoms with Crippen molar-refractivity contribution < 1.29 is 4.74 Å². The number of ether oxygens (including phenoxy) is 1. The molecule has 5 heteroatoms. The van der Waals surface area contributed by atoms with Crippen LogP contribution in [0.1, 0.15) is 31.9 Å². The van der Waals surface area contributed by atoms with E-state index < -0.39 is 0 Å². The monoisotopic (exact) mass is 335 g/mol. The molecule has 0 aromatic heterocycles. The first-order chi connectivity index (χ1) is 11.0. The highest BCUT2D eigenvalue weighted by Crippen LogP contribution is 2.25. The molecule has 0 unspecified atom stereocenters. The van der Waals surface area contributed by atoms with Gasteiger partial charge in [0.15, 0.2) is 5.96 Å². The first-order valence-electron chi connectivity index (χ1n) is 8.36. The summed E-state index contributed by atoms with van der Waals surface area (Å²) >= 11 is 1.84. The summed E-state index contributed by atoms with van der Waals surface area (Å²) in [5, 5.41) is 6.75. The lowest BCUT2D eigenvalue weighted by Gasteiger charge is -2.20. The number of hydrogen-bond acceptors (Lipinski definition) is 3. The highest BCUT2D eigenvalue weighted by atomic mass is 32.2. The van der Waals surface area contributed by atoms with Crippen LogP contribution in [0.2, 0.25) is 0 Å². The second-order valence-corrected chi connectivity index (χ2v) is 7.89. The predicted octanol–water partition coefficient (Wildman–Crippen LogP) is 2.86. The lowest BCUT2D eigenvalue weighted by atomic mass is 10.1. The molecule has 2 N–H and O–H groups in total. The Morgan fingerprint density at radius 1 is 1.35 bits per heavy atom. The van der Waals surface area contributed by atoms with Crippen molar-refractivity contribution in [1.29, 1.82) is 0 Å². The van der Waals surface area contributed by atoms with Gasteiger partial charge in [-0.2, -0.15) is 11.8 Å². The second-order valence-electron chi connectivity index (χ2n) is 6.38. The molecule has 2 rings (SSSR count). The van der Waals surface area contributed by atoms with E-state index >= 15 is 0 Å². The smallest absolute Gasteiger partial charge is 0.191 e. The van der Waals surface area contributed by atoms with Crippen LogP contribution in [0.5, 0.6) is 5.75 Å². The molecule has 1 aliphatic heterocycles. The van der Waals surface area contributed by atoms with Crippen LogP contribution in [0, 0.1) is 0 Å². The molecular formula is C18H29N3OS. The summed E-state index contributed by atoms with van der Waals surface area (Å²) in [7, 11) is 0. The van der Waals surface area contributed by atoms with Gasteiger partial charge in [0, 0.05) is 24.3 Å². The average Bonchev–Trinajstić information content (AvgIpc) is 3.00. The van der Waals surface area contributed by atoms with E-state index in [0.29, 0.717) is 0 Å². The molecule has 1 aromatic rings. The van der Waals surface area contributed by atoms with E-state index in [1.54, 1.807) is 0 Å². The fourth-order valence-corrected chi connectivity index (χ4v) is 2.59. The Labute approximate surface area is 144 Å². The molecule has 0 saturated heterocycles. The van der Waals surface area contributed by atoms with Gasteiger partial charge in [-0.3, -0.25) is 4.99 Å². The Hall–Kier alpha value is -1.36. The summed E-state index contributed by atoms with van der Waals surface area (Å²) in [6, 6.07) is 6.52. The van der Waals surface area contributed by atoms with E-state index in [-0.39, 0.29) is 4.75 Å². The molecule has 0 bridgehead atoms. The summed E-state index contributed by atoms with van der Waals surface area (Å²) in [5.74, 6) is 1.95. The van der Waals surface area contributed by atoms with E-state index in [9.17, 15) is 0 Å². The molecule has 4 nitrogen and oxygen atoms in total. The van der Waals surface area contributed by atoms with Crippen LogP contribution < -0.4 is 15.4 Å². The maximum Gasteiger partial charge on any atom is 0.191 e. The molecule has 1 heterocycles. The van der Waals surface area contributed by atoms with E-state index in [0.717, 1.165) is 50.8 Å². The van der Waals surface area contributed by atoms with Crippen LogP contribution >= 0.6 is 11.8 Å². The highest BCUT2D eigenvalue weighted by Gasteiger charge is 2.15. The van der Waals surface area contributed by atoms with Gasteiger partial charge in [0.2, 0.25) is 0 Å². The molecule has 0 amide bonds. The Bertz CT molecular complexity index is 543. The number of hydrogen-bond donors (Lipinski definition) is 2. The molecule has 0 aliphatic carbocycles. The number of nitrogens with one attached hydrogen (secondary N) is 2. The number of thioether (sulfide) groups is 1. The van der Waals surface area contributed by atoms with Crippen LogP contribution in [0.4, 0.5) is 0 Å². The maximum atomic E-state index is 5.56. The minimum absolute atomic E-state index is 0.169. The van der Waals surface area contributed by atoms with Gasteiger partial charge in [0.25, 0.3) is 0 Å². The van der Waals surface area contributed by atoms with E-state index in [1.165, 1.54) is 11.1 Å². The summed E-state index contributed by atoms with van der Waals surface area (Å²) in [6.07, 6.45) is 4.15. The molecular weight excluding hydrogens is 306 g/mol. The number of fused-ring (bicyclic) bond motifs is 1. The lowest BCUT2D eigenvalue weighted by Crippen LogP contribution is -2.39. The molecule has 0 radical (unpaired) electrons. The molecule has 128 valence electrons. The molecule has 0 atom stereocenters. The number of nitrogens with zero attached hydrogens (tertiary/aromatic N) is 1. The number of benzene rings is 1. The van der Waals surface area contributed by atoms with Crippen LogP contribution in [0.25, 0.3) is 0 Å². The lowest BCUT2D eigenvalue weighted by molar-refractivity contribution is 0.357. The molecule has 1 aromatic carbocycles. The zero-order valence-corrected chi connectivity index (χ0v) is 15.6. The number of aliphatic imine (C=N–C) groups is 1.